The maximum atomic E-state index is 12.4. The van der Waals surface area contributed by atoms with E-state index in [9.17, 15) is 13.2 Å². The summed E-state index contributed by atoms with van der Waals surface area (Å²) in [4.78, 5) is 3.22. The molecule has 0 radical (unpaired) electrons. The first-order chi connectivity index (χ1) is 7.88. The Hall–Kier alpha value is -1.50. The summed E-state index contributed by atoms with van der Waals surface area (Å²) in [5.74, 6) is 0. The van der Waals surface area contributed by atoms with Gasteiger partial charge in [0.05, 0.1) is 24.2 Å². The SMILES string of the molecule is CCC(CO)Nc1cc(C(F)(F)F)ncc1N. The normalized spacial score (nSPS) is 13.5. The van der Waals surface area contributed by atoms with E-state index in [1.807, 2.05) is 0 Å². The zero-order valence-electron chi connectivity index (χ0n) is 9.25. The molecule has 0 aliphatic heterocycles. The highest BCUT2D eigenvalue weighted by atomic mass is 19.4. The van der Waals surface area contributed by atoms with Crippen LogP contribution in [-0.2, 0) is 6.18 Å². The van der Waals surface area contributed by atoms with Crippen molar-refractivity contribution < 1.29 is 18.3 Å². The molecular weight excluding hydrogens is 235 g/mol. The van der Waals surface area contributed by atoms with Gasteiger partial charge in [0.15, 0.2) is 0 Å². The lowest BCUT2D eigenvalue weighted by molar-refractivity contribution is -0.141. The molecule has 0 aliphatic rings. The van der Waals surface area contributed by atoms with E-state index in [0.717, 1.165) is 12.3 Å². The third kappa shape index (κ3) is 3.48. The van der Waals surface area contributed by atoms with Crippen LogP contribution in [0.1, 0.15) is 19.0 Å². The number of anilines is 2. The summed E-state index contributed by atoms with van der Waals surface area (Å²) in [5.41, 5.74) is 4.75. The summed E-state index contributed by atoms with van der Waals surface area (Å²) in [5, 5.41) is 11.7. The zero-order chi connectivity index (χ0) is 13.1. The van der Waals surface area contributed by atoms with E-state index in [1.54, 1.807) is 6.92 Å². The van der Waals surface area contributed by atoms with E-state index in [2.05, 4.69) is 10.3 Å². The highest BCUT2D eigenvalue weighted by molar-refractivity contribution is 5.65. The van der Waals surface area contributed by atoms with Gasteiger partial charge in [0.1, 0.15) is 5.69 Å². The van der Waals surface area contributed by atoms with Gasteiger partial charge in [-0.1, -0.05) is 6.92 Å². The fourth-order valence-corrected chi connectivity index (χ4v) is 1.24. The quantitative estimate of drug-likeness (QED) is 0.761. The number of nitrogens with two attached hydrogens (primary N) is 1. The molecule has 0 aliphatic carbocycles. The molecule has 1 aromatic heterocycles. The van der Waals surface area contributed by atoms with Crippen molar-refractivity contribution in [1.82, 2.24) is 4.98 Å². The maximum Gasteiger partial charge on any atom is 0.433 e. The van der Waals surface area contributed by atoms with Crippen LogP contribution in [0, 0.1) is 0 Å². The predicted octanol–water partition coefficient (Wildman–Crippen LogP) is 1.87. The highest BCUT2D eigenvalue weighted by Gasteiger charge is 2.33. The van der Waals surface area contributed by atoms with Gasteiger partial charge in [-0.15, -0.1) is 0 Å². The lowest BCUT2D eigenvalue weighted by Gasteiger charge is -2.18. The standard InChI is InChI=1S/C10H14F3N3O/c1-2-6(5-17)16-8-3-9(10(11,12)13)15-4-7(8)14/h3-4,6,17H,2,5,14H2,1H3,(H,15,16). The summed E-state index contributed by atoms with van der Waals surface area (Å²) in [6.45, 7) is 1.62. The van der Waals surface area contributed by atoms with Crippen LogP contribution in [0.25, 0.3) is 0 Å². The van der Waals surface area contributed by atoms with Gasteiger partial charge in [0, 0.05) is 6.04 Å². The molecule has 0 bridgehead atoms. The van der Waals surface area contributed by atoms with Crippen molar-refractivity contribution in [2.75, 3.05) is 17.7 Å². The Morgan fingerprint density at radius 2 is 2.18 bits per heavy atom. The number of hydrogen-bond donors (Lipinski definition) is 3. The molecule has 96 valence electrons. The smallest absolute Gasteiger partial charge is 0.396 e. The number of pyridine rings is 1. The van der Waals surface area contributed by atoms with Crippen LogP contribution < -0.4 is 11.1 Å². The number of halogens is 3. The lowest BCUT2D eigenvalue weighted by Crippen LogP contribution is -2.23. The summed E-state index contributed by atoms with van der Waals surface area (Å²) in [6.07, 6.45) is -2.99. The molecule has 4 nitrogen and oxygen atoms in total. The van der Waals surface area contributed by atoms with Crippen LogP contribution in [0.5, 0.6) is 0 Å². The summed E-state index contributed by atoms with van der Waals surface area (Å²) < 4.78 is 37.3. The van der Waals surface area contributed by atoms with Crippen LogP contribution in [0.2, 0.25) is 0 Å². The van der Waals surface area contributed by atoms with Crippen LogP contribution >= 0.6 is 0 Å². The van der Waals surface area contributed by atoms with Crippen molar-refractivity contribution in [3.05, 3.63) is 18.0 Å². The van der Waals surface area contributed by atoms with Crippen LogP contribution in [-0.4, -0.2) is 22.7 Å². The Labute approximate surface area is 96.7 Å². The molecule has 1 rings (SSSR count). The minimum atomic E-state index is -4.51. The molecule has 0 amide bonds. The van der Waals surface area contributed by atoms with Gasteiger partial charge >= 0.3 is 6.18 Å². The Morgan fingerprint density at radius 3 is 2.65 bits per heavy atom. The molecule has 0 saturated carbocycles. The fraction of sp³-hybridized carbons (Fsp3) is 0.500. The fourth-order valence-electron chi connectivity index (χ4n) is 1.24. The first-order valence-electron chi connectivity index (χ1n) is 5.08. The molecule has 4 N–H and O–H groups in total. The molecule has 1 heterocycles. The minimum Gasteiger partial charge on any atom is -0.396 e. The van der Waals surface area contributed by atoms with Crippen LogP contribution in [0.15, 0.2) is 12.3 Å². The van der Waals surface area contributed by atoms with Crippen molar-refractivity contribution in [2.24, 2.45) is 0 Å². The monoisotopic (exact) mass is 249 g/mol. The largest absolute Gasteiger partial charge is 0.433 e. The molecule has 0 spiro atoms. The maximum absolute atomic E-state index is 12.4. The Morgan fingerprint density at radius 1 is 1.53 bits per heavy atom. The molecule has 17 heavy (non-hydrogen) atoms. The molecular formula is C10H14F3N3O. The average molecular weight is 249 g/mol. The predicted molar refractivity (Wildman–Crippen MR) is 58.4 cm³/mol. The lowest BCUT2D eigenvalue weighted by atomic mass is 10.2. The van der Waals surface area contributed by atoms with Crippen molar-refractivity contribution in [2.45, 2.75) is 25.6 Å². The second kappa shape index (κ2) is 5.22. The van der Waals surface area contributed by atoms with Gasteiger partial charge < -0.3 is 16.2 Å². The summed E-state index contributed by atoms with van der Waals surface area (Å²) >= 11 is 0. The first-order valence-corrected chi connectivity index (χ1v) is 5.08. The Balaban J connectivity index is 2.98. The molecule has 1 aromatic rings. The third-order valence-corrected chi connectivity index (χ3v) is 2.30. The second-order valence-corrected chi connectivity index (χ2v) is 3.59. The number of hydrogen-bond acceptors (Lipinski definition) is 4. The van der Waals surface area contributed by atoms with E-state index in [0.29, 0.717) is 6.42 Å². The number of nitrogen functional groups attached to an aromatic ring is 1. The number of nitrogens with zero attached hydrogens (tertiary/aromatic N) is 1. The van der Waals surface area contributed by atoms with E-state index >= 15 is 0 Å². The van der Waals surface area contributed by atoms with Crippen molar-refractivity contribution in [1.29, 1.82) is 0 Å². The molecule has 7 heteroatoms. The highest BCUT2D eigenvalue weighted by Crippen LogP contribution is 2.31. The average Bonchev–Trinajstić information content (AvgIpc) is 2.26. The van der Waals surface area contributed by atoms with E-state index in [1.165, 1.54) is 0 Å². The number of nitrogens with one attached hydrogen (secondary N) is 1. The molecule has 1 unspecified atom stereocenters. The molecule has 0 aromatic carbocycles. The number of aromatic nitrogens is 1. The molecule has 0 fully saturated rings. The van der Waals surface area contributed by atoms with Crippen LogP contribution in [0.4, 0.5) is 24.5 Å². The van der Waals surface area contributed by atoms with Crippen molar-refractivity contribution in [3.63, 3.8) is 0 Å². The zero-order valence-corrected chi connectivity index (χ0v) is 9.25. The number of alkyl halides is 3. The van der Waals surface area contributed by atoms with Gasteiger partial charge in [0.25, 0.3) is 0 Å². The van der Waals surface area contributed by atoms with Gasteiger partial charge in [-0.25, -0.2) is 4.98 Å². The topological polar surface area (TPSA) is 71.2 Å². The Bertz CT molecular complexity index is 378. The minimum absolute atomic E-state index is 0.116. The summed E-state index contributed by atoms with van der Waals surface area (Å²) in [6, 6.07) is 0.508. The van der Waals surface area contributed by atoms with Crippen molar-refractivity contribution >= 4 is 11.4 Å². The van der Waals surface area contributed by atoms with Crippen LogP contribution in [0.3, 0.4) is 0 Å². The summed E-state index contributed by atoms with van der Waals surface area (Å²) in [7, 11) is 0. The Kier molecular flexibility index (Phi) is 4.17. The van der Waals surface area contributed by atoms with Gasteiger partial charge in [0.2, 0.25) is 0 Å². The number of rotatable bonds is 4. The van der Waals surface area contributed by atoms with Gasteiger partial charge in [-0.05, 0) is 12.5 Å². The van der Waals surface area contributed by atoms with E-state index in [-0.39, 0.29) is 24.0 Å². The first kappa shape index (κ1) is 13.6. The molecule has 1 atom stereocenters. The van der Waals surface area contributed by atoms with E-state index in [4.69, 9.17) is 10.8 Å². The van der Waals surface area contributed by atoms with Gasteiger partial charge in [-0.2, -0.15) is 13.2 Å². The molecule has 0 saturated heterocycles. The second-order valence-electron chi connectivity index (χ2n) is 3.59. The third-order valence-electron chi connectivity index (χ3n) is 2.30. The van der Waals surface area contributed by atoms with Crippen molar-refractivity contribution in [3.8, 4) is 0 Å². The van der Waals surface area contributed by atoms with Gasteiger partial charge in [-0.3, -0.25) is 0 Å². The number of aliphatic hydroxyl groups is 1. The van der Waals surface area contributed by atoms with E-state index < -0.39 is 11.9 Å². The number of aliphatic hydroxyl groups excluding tert-OH is 1.